The van der Waals surface area contributed by atoms with Gasteiger partial charge in [-0.25, -0.2) is 9.47 Å². The van der Waals surface area contributed by atoms with Crippen LogP contribution in [0.25, 0.3) is 11.6 Å². The number of thioether (sulfide) groups is 1. The molecule has 8 heteroatoms. The standard InChI is InChI=1S/C15H14N4O3S/c1-21-14(20)11-6-4-10(5-7-11)9-23-15-18-17-13(19(15)16)12-3-2-8-22-12/h2-8H,9,16H2,1H3. The molecule has 0 saturated heterocycles. The van der Waals surface area contributed by atoms with E-state index < -0.39 is 0 Å². The van der Waals surface area contributed by atoms with Crippen LogP contribution < -0.4 is 5.84 Å². The number of esters is 1. The first-order valence-corrected chi connectivity index (χ1v) is 7.72. The van der Waals surface area contributed by atoms with Gasteiger partial charge in [0.05, 0.1) is 18.9 Å². The third kappa shape index (κ3) is 3.21. The Labute approximate surface area is 136 Å². The molecule has 0 spiro atoms. The number of furan rings is 1. The van der Waals surface area contributed by atoms with E-state index in [9.17, 15) is 4.79 Å². The van der Waals surface area contributed by atoms with Crippen LogP contribution in [0.4, 0.5) is 0 Å². The maximum absolute atomic E-state index is 11.4. The van der Waals surface area contributed by atoms with Crippen LogP contribution in [-0.4, -0.2) is 28.0 Å². The first-order chi connectivity index (χ1) is 11.2. The molecule has 0 aliphatic carbocycles. The molecular formula is C15H14N4O3S. The van der Waals surface area contributed by atoms with Crippen molar-refractivity contribution in [2.75, 3.05) is 13.0 Å². The zero-order chi connectivity index (χ0) is 16.2. The summed E-state index contributed by atoms with van der Waals surface area (Å²) in [7, 11) is 1.36. The highest BCUT2D eigenvalue weighted by Gasteiger charge is 2.14. The van der Waals surface area contributed by atoms with Gasteiger partial charge in [-0.3, -0.25) is 0 Å². The Morgan fingerprint density at radius 3 is 2.74 bits per heavy atom. The van der Waals surface area contributed by atoms with Gasteiger partial charge in [-0.15, -0.1) is 10.2 Å². The molecule has 2 aromatic heterocycles. The van der Waals surface area contributed by atoms with Crippen molar-refractivity contribution in [1.82, 2.24) is 14.9 Å². The summed E-state index contributed by atoms with van der Waals surface area (Å²) >= 11 is 1.44. The number of methoxy groups -OCH3 is 1. The van der Waals surface area contributed by atoms with E-state index in [4.69, 9.17) is 10.3 Å². The van der Waals surface area contributed by atoms with Gasteiger partial charge in [0.2, 0.25) is 11.0 Å². The maximum atomic E-state index is 11.4. The highest BCUT2D eigenvalue weighted by atomic mass is 32.2. The van der Waals surface area contributed by atoms with Gasteiger partial charge in [0.15, 0.2) is 5.76 Å². The summed E-state index contributed by atoms with van der Waals surface area (Å²) in [6.07, 6.45) is 1.56. The number of ether oxygens (including phenoxy) is 1. The molecular weight excluding hydrogens is 316 g/mol. The molecule has 0 radical (unpaired) electrons. The van der Waals surface area contributed by atoms with Gasteiger partial charge in [0.25, 0.3) is 0 Å². The quantitative estimate of drug-likeness (QED) is 0.435. The number of carbonyl (C=O) groups excluding carboxylic acids is 1. The number of nitrogens with two attached hydrogens (primary N) is 1. The average Bonchev–Trinajstić information content (AvgIpc) is 3.22. The van der Waals surface area contributed by atoms with Gasteiger partial charge in [-0.2, -0.15) is 0 Å². The van der Waals surface area contributed by atoms with Crippen LogP contribution in [0.15, 0.2) is 52.2 Å². The van der Waals surface area contributed by atoms with E-state index in [0.717, 1.165) is 5.56 Å². The molecule has 3 rings (SSSR count). The van der Waals surface area contributed by atoms with Crippen molar-refractivity contribution in [3.63, 3.8) is 0 Å². The molecule has 2 heterocycles. The van der Waals surface area contributed by atoms with Gasteiger partial charge in [-0.1, -0.05) is 23.9 Å². The number of hydrogen-bond donors (Lipinski definition) is 1. The molecule has 0 saturated carbocycles. The minimum absolute atomic E-state index is 0.353. The van der Waals surface area contributed by atoms with Crippen LogP contribution >= 0.6 is 11.8 Å². The van der Waals surface area contributed by atoms with Crippen molar-refractivity contribution >= 4 is 17.7 Å². The Kier molecular flexibility index (Phi) is 4.33. The number of aromatic nitrogens is 3. The summed E-state index contributed by atoms with van der Waals surface area (Å²) in [5.41, 5.74) is 1.55. The lowest BCUT2D eigenvalue weighted by Crippen LogP contribution is -2.11. The van der Waals surface area contributed by atoms with Crippen LogP contribution in [0.1, 0.15) is 15.9 Å². The summed E-state index contributed by atoms with van der Waals surface area (Å²) in [5.74, 6) is 7.32. The van der Waals surface area contributed by atoms with Gasteiger partial charge in [-0.05, 0) is 29.8 Å². The first kappa shape index (κ1) is 15.2. The fourth-order valence-corrected chi connectivity index (χ4v) is 2.76. The molecule has 0 aliphatic rings. The number of rotatable bonds is 5. The van der Waals surface area contributed by atoms with Gasteiger partial charge in [0.1, 0.15) is 0 Å². The zero-order valence-corrected chi connectivity index (χ0v) is 13.1. The lowest BCUT2D eigenvalue weighted by molar-refractivity contribution is 0.0600. The summed E-state index contributed by atoms with van der Waals surface area (Å²) in [5, 5.41) is 8.67. The van der Waals surface area contributed by atoms with Crippen LogP contribution in [0.2, 0.25) is 0 Å². The van der Waals surface area contributed by atoms with Crippen LogP contribution in [0.5, 0.6) is 0 Å². The molecule has 23 heavy (non-hydrogen) atoms. The zero-order valence-electron chi connectivity index (χ0n) is 12.3. The second-order valence-corrected chi connectivity index (χ2v) is 5.57. The number of nitrogens with zero attached hydrogens (tertiary/aromatic N) is 3. The number of benzene rings is 1. The van der Waals surface area contributed by atoms with Crippen LogP contribution in [0.3, 0.4) is 0 Å². The minimum atomic E-state index is -0.353. The van der Waals surface area contributed by atoms with Crippen molar-refractivity contribution < 1.29 is 13.9 Å². The van der Waals surface area contributed by atoms with Crippen molar-refractivity contribution in [3.8, 4) is 11.6 Å². The summed E-state index contributed by atoms with van der Waals surface area (Å²) < 4.78 is 11.3. The Balaban J connectivity index is 1.68. The second kappa shape index (κ2) is 6.57. The van der Waals surface area contributed by atoms with E-state index in [1.54, 1.807) is 30.5 Å². The monoisotopic (exact) mass is 330 g/mol. The van der Waals surface area contributed by atoms with Crippen LogP contribution in [0, 0.1) is 0 Å². The molecule has 0 amide bonds. The molecule has 118 valence electrons. The lowest BCUT2D eigenvalue weighted by atomic mass is 10.1. The Morgan fingerprint density at radius 2 is 2.09 bits per heavy atom. The Bertz CT molecular complexity index is 797. The van der Waals surface area contributed by atoms with Gasteiger partial charge in [0, 0.05) is 5.75 Å². The molecule has 3 aromatic rings. The van der Waals surface area contributed by atoms with Crippen molar-refractivity contribution in [1.29, 1.82) is 0 Å². The molecule has 0 atom stereocenters. The van der Waals surface area contributed by atoms with Crippen LogP contribution in [-0.2, 0) is 10.5 Å². The van der Waals surface area contributed by atoms with Crippen molar-refractivity contribution in [3.05, 3.63) is 53.8 Å². The van der Waals surface area contributed by atoms with E-state index in [2.05, 4.69) is 14.9 Å². The topological polar surface area (TPSA) is 96.2 Å². The molecule has 2 N–H and O–H groups in total. The highest BCUT2D eigenvalue weighted by Crippen LogP contribution is 2.24. The summed E-state index contributed by atoms with van der Waals surface area (Å²) in [6, 6.07) is 10.7. The number of hydrogen-bond acceptors (Lipinski definition) is 7. The molecule has 0 aliphatic heterocycles. The predicted octanol–water partition coefficient (Wildman–Crippen LogP) is 2.33. The van der Waals surface area contributed by atoms with Gasteiger partial charge < -0.3 is 15.0 Å². The summed E-state index contributed by atoms with van der Waals surface area (Å²) in [6.45, 7) is 0. The maximum Gasteiger partial charge on any atom is 0.337 e. The van der Waals surface area contributed by atoms with E-state index in [0.29, 0.717) is 28.1 Å². The fourth-order valence-electron chi connectivity index (χ4n) is 1.95. The second-order valence-electron chi connectivity index (χ2n) is 4.63. The highest BCUT2D eigenvalue weighted by molar-refractivity contribution is 7.98. The van der Waals surface area contributed by atoms with E-state index in [1.165, 1.54) is 23.5 Å². The van der Waals surface area contributed by atoms with E-state index in [1.807, 2.05) is 12.1 Å². The normalized spacial score (nSPS) is 10.7. The molecule has 7 nitrogen and oxygen atoms in total. The Morgan fingerprint density at radius 1 is 1.30 bits per heavy atom. The fraction of sp³-hybridized carbons (Fsp3) is 0.133. The molecule has 0 bridgehead atoms. The SMILES string of the molecule is COC(=O)c1ccc(CSc2nnc(-c3ccco3)n2N)cc1. The lowest BCUT2D eigenvalue weighted by Gasteiger charge is -2.04. The average molecular weight is 330 g/mol. The van der Waals surface area contributed by atoms with Crippen molar-refractivity contribution in [2.45, 2.75) is 10.9 Å². The predicted molar refractivity (Wildman–Crippen MR) is 85.2 cm³/mol. The largest absolute Gasteiger partial charge is 0.465 e. The van der Waals surface area contributed by atoms with E-state index >= 15 is 0 Å². The third-order valence-electron chi connectivity index (χ3n) is 3.15. The smallest absolute Gasteiger partial charge is 0.337 e. The number of nitrogen functional groups attached to an aromatic ring is 1. The van der Waals surface area contributed by atoms with Gasteiger partial charge >= 0.3 is 5.97 Å². The minimum Gasteiger partial charge on any atom is -0.465 e. The van der Waals surface area contributed by atoms with Crippen molar-refractivity contribution in [2.24, 2.45) is 0 Å². The third-order valence-corrected chi connectivity index (χ3v) is 4.16. The Hall–Kier alpha value is -2.74. The molecule has 0 unspecified atom stereocenters. The first-order valence-electron chi connectivity index (χ1n) is 6.73. The number of carbonyl (C=O) groups is 1. The van der Waals surface area contributed by atoms with E-state index in [-0.39, 0.29) is 5.97 Å². The molecule has 1 aromatic carbocycles. The molecule has 0 fully saturated rings. The summed E-state index contributed by atoms with van der Waals surface area (Å²) in [4.78, 5) is 11.4.